The minimum absolute atomic E-state index is 0.694. The molecule has 0 aliphatic rings. The zero-order valence-electron chi connectivity index (χ0n) is 12.8. The van der Waals surface area contributed by atoms with Gasteiger partial charge in [0.25, 0.3) is 0 Å². The van der Waals surface area contributed by atoms with Crippen LogP contribution in [0.1, 0.15) is 6.92 Å². The van der Waals surface area contributed by atoms with Crippen LogP contribution in [0.15, 0.2) is 41.8 Å². The molecule has 3 aromatic rings. The third-order valence-electron chi connectivity index (χ3n) is 3.46. The molecule has 0 atom stereocenters. The fourth-order valence-electron chi connectivity index (χ4n) is 2.32. The molecule has 0 aliphatic carbocycles. The zero-order valence-corrected chi connectivity index (χ0v) is 13.6. The molecule has 2 aromatic heterocycles. The number of anilines is 1. The van der Waals surface area contributed by atoms with Gasteiger partial charge in [-0.1, -0.05) is 18.2 Å². The van der Waals surface area contributed by atoms with E-state index >= 15 is 0 Å². The first kappa shape index (κ1) is 14.9. The van der Waals surface area contributed by atoms with Gasteiger partial charge in [0.2, 0.25) is 0 Å². The monoisotopic (exact) mass is 313 g/mol. The summed E-state index contributed by atoms with van der Waals surface area (Å²) in [6.07, 6.45) is 0. The first-order valence-electron chi connectivity index (χ1n) is 7.39. The van der Waals surface area contributed by atoms with E-state index in [0.717, 1.165) is 40.6 Å². The van der Waals surface area contributed by atoms with Gasteiger partial charge in [0.1, 0.15) is 5.82 Å². The maximum absolute atomic E-state index is 5.46. The van der Waals surface area contributed by atoms with Gasteiger partial charge in [-0.25, -0.2) is 9.97 Å². The quantitative estimate of drug-likeness (QED) is 0.648. The van der Waals surface area contributed by atoms with Crippen LogP contribution in [-0.2, 0) is 4.74 Å². The summed E-state index contributed by atoms with van der Waals surface area (Å²) in [5.41, 5.74) is 0.971. The summed E-state index contributed by atoms with van der Waals surface area (Å²) in [6, 6.07) is 12.2. The van der Waals surface area contributed by atoms with Gasteiger partial charge < -0.3 is 9.64 Å². The molecule has 0 aliphatic heterocycles. The van der Waals surface area contributed by atoms with Gasteiger partial charge >= 0.3 is 0 Å². The molecule has 114 valence electrons. The summed E-state index contributed by atoms with van der Waals surface area (Å²) in [6.45, 7) is 4.24. The van der Waals surface area contributed by atoms with E-state index in [2.05, 4.69) is 17.0 Å². The molecule has 0 bridgehead atoms. The molecule has 0 unspecified atom stereocenters. The topological polar surface area (TPSA) is 38.2 Å². The van der Waals surface area contributed by atoms with Crippen LogP contribution in [0.25, 0.3) is 21.6 Å². The van der Waals surface area contributed by atoms with Gasteiger partial charge in [-0.3, -0.25) is 0 Å². The number of benzene rings is 1. The Hall–Kier alpha value is -1.98. The van der Waals surface area contributed by atoms with Crippen molar-refractivity contribution in [1.82, 2.24) is 9.97 Å². The van der Waals surface area contributed by atoms with Crippen LogP contribution < -0.4 is 4.90 Å². The van der Waals surface area contributed by atoms with Crippen molar-refractivity contribution in [3.05, 3.63) is 41.8 Å². The van der Waals surface area contributed by atoms with Gasteiger partial charge in [0.15, 0.2) is 5.82 Å². The predicted octanol–water partition coefficient (Wildman–Crippen LogP) is 3.83. The number of rotatable bonds is 6. The van der Waals surface area contributed by atoms with Crippen molar-refractivity contribution in [3.63, 3.8) is 0 Å². The lowest BCUT2D eigenvalue weighted by molar-refractivity contribution is 0.154. The lowest BCUT2D eigenvalue weighted by Gasteiger charge is -2.20. The second-order valence-electron chi connectivity index (χ2n) is 4.98. The molecule has 0 spiro atoms. The van der Waals surface area contributed by atoms with Crippen molar-refractivity contribution in [2.75, 3.05) is 31.7 Å². The number of likely N-dealkylation sites (N-methyl/N-ethyl adjacent to an activating group) is 1. The van der Waals surface area contributed by atoms with Crippen molar-refractivity contribution in [1.29, 1.82) is 0 Å². The van der Waals surface area contributed by atoms with E-state index in [1.807, 2.05) is 43.6 Å². The van der Waals surface area contributed by atoms with Crippen LogP contribution in [0.2, 0.25) is 0 Å². The Morgan fingerprint density at radius 2 is 2.00 bits per heavy atom. The minimum Gasteiger partial charge on any atom is -0.380 e. The summed E-state index contributed by atoms with van der Waals surface area (Å²) in [7, 11) is 2.05. The molecule has 0 N–H and O–H groups in total. The summed E-state index contributed by atoms with van der Waals surface area (Å²) >= 11 is 1.66. The van der Waals surface area contributed by atoms with Gasteiger partial charge in [-0.2, -0.15) is 0 Å². The molecular formula is C17H19N3OS. The van der Waals surface area contributed by atoms with Crippen LogP contribution in [0.3, 0.4) is 0 Å². The first-order chi connectivity index (χ1) is 10.8. The minimum atomic E-state index is 0.694. The molecule has 1 aromatic carbocycles. The summed E-state index contributed by atoms with van der Waals surface area (Å²) < 4.78 is 5.46. The summed E-state index contributed by atoms with van der Waals surface area (Å²) in [4.78, 5) is 12.7. The van der Waals surface area contributed by atoms with Crippen LogP contribution in [-0.4, -0.2) is 36.8 Å². The van der Waals surface area contributed by atoms with E-state index in [1.165, 1.54) is 0 Å². The third-order valence-corrected chi connectivity index (χ3v) is 4.33. The van der Waals surface area contributed by atoms with Gasteiger partial charge in [0, 0.05) is 25.6 Å². The maximum Gasteiger partial charge on any atom is 0.172 e. The summed E-state index contributed by atoms with van der Waals surface area (Å²) in [5.74, 6) is 1.74. The maximum atomic E-state index is 5.46. The van der Waals surface area contributed by atoms with E-state index in [1.54, 1.807) is 11.3 Å². The second-order valence-corrected chi connectivity index (χ2v) is 5.93. The molecular weight excluding hydrogens is 294 g/mol. The smallest absolute Gasteiger partial charge is 0.172 e. The Balaban J connectivity index is 2.02. The van der Waals surface area contributed by atoms with E-state index < -0.39 is 0 Å². The highest BCUT2D eigenvalue weighted by atomic mass is 32.1. The Labute approximate surface area is 134 Å². The number of thiophene rings is 1. The van der Waals surface area contributed by atoms with Gasteiger partial charge in [-0.05, 0) is 30.5 Å². The molecule has 5 heteroatoms. The Morgan fingerprint density at radius 1 is 1.14 bits per heavy atom. The third kappa shape index (κ3) is 3.10. The summed E-state index contributed by atoms with van der Waals surface area (Å²) in [5, 5.41) is 3.12. The lowest BCUT2D eigenvalue weighted by Crippen LogP contribution is -2.24. The Morgan fingerprint density at radius 3 is 2.77 bits per heavy atom. The van der Waals surface area contributed by atoms with Crippen molar-refractivity contribution in [3.8, 4) is 10.7 Å². The number of hydrogen-bond donors (Lipinski definition) is 0. The van der Waals surface area contributed by atoms with Crippen molar-refractivity contribution >= 4 is 28.1 Å². The van der Waals surface area contributed by atoms with Crippen LogP contribution in [0.4, 0.5) is 5.82 Å². The number of fused-ring (bicyclic) bond motifs is 1. The van der Waals surface area contributed by atoms with Crippen molar-refractivity contribution in [2.45, 2.75) is 6.92 Å². The van der Waals surface area contributed by atoms with Crippen molar-refractivity contribution in [2.24, 2.45) is 0 Å². The average Bonchev–Trinajstić information content (AvgIpc) is 3.08. The highest BCUT2D eigenvalue weighted by Crippen LogP contribution is 2.28. The first-order valence-corrected chi connectivity index (χ1v) is 8.27. The normalized spacial score (nSPS) is 11.0. The predicted molar refractivity (Wildman–Crippen MR) is 92.6 cm³/mol. The second kappa shape index (κ2) is 6.85. The number of nitrogens with zero attached hydrogens (tertiary/aromatic N) is 3. The number of para-hydroxylation sites is 1. The largest absolute Gasteiger partial charge is 0.380 e. The molecule has 3 rings (SSSR count). The van der Waals surface area contributed by atoms with Crippen LogP contribution in [0.5, 0.6) is 0 Å². The van der Waals surface area contributed by atoms with Gasteiger partial charge in [-0.15, -0.1) is 11.3 Å². The average molecular weight is 313 g/mol. The Kier molecular flexibility index (Phi) is 4.65. The molecule has 0 amide bonds. The van der Waals surface area contributed by atoms with E-state index in [-0.39, 0.29) is 0 Å². The molecule has 0 radical (unpaired) electrons. The number of ether oxygens (including phenoxy) is 1. The highest BCUT2D eigenvalue weighted by molar-refractivity contribution is 7.13. The molecule has 4 nitrogen and oxygen atoms in total. The van der Waals surface area contributed by atoms with E-state index in [4.69, 9.17) is 14.7 Å². The molecule has 2 heterocycles. The van der Waals surface area contributed by atoms with Crippen molar-refractivity contribution < 1.29 is 4.74 Å². The zero-order chi connectivity index (χ0) is 15.4. The fourth-order valence-corrected chi connectivity index (χ4v) is 2.98. The fraction of sp³-hybridized carbons (Fsp3) is 0.294. The molecule has 0 saturated heterocycles. The number of aromatic nitrogens is 2. The standard InChI is InChI=1S/C17H19N3OS/c1-3-21-11-10-20(2)17-13-7-4-5-8-14(13)18-16(19-17)15-9-6-12-22-15/h4-9,12H,3,10-11H2,1-2H3. The Bertz CT molecular complexity index is 743. The van der Waals surface area contributed by atoms with Crippen LogP contribution >= 0.6 is 11.3 Å². The molecule has 0 fully saturated rings. The molecule has 22 heavy (non-hydrogen) atoms. The van der Waals surface area contributed by atoms with E-state index in [0.29, 0.717) is 6.61 Å². The number of hydrogen-bond acceptors (Lipinski definition) is 5. The van der Waals surface area contributed by atoms with Crippen LogP contribution in [0, 0.1) is 0 Å². The highest BCUT2D eigenvalue weighted by Gasteiger charge is 2.13. The van der Waals surface area contributed by atoms with Gasteiger partial charge in [0.05, 0.1) is 17.0 Å². The molecule has 0 saturated carbocycles. The SMILES string of the molecule is CCOCCN(C)c1nc(-c2cccs2)nc2ccccc12. The van der Waals surface area contributed by atoms with E-state index in [9.17, 15) is 0 Å². The lowest BCUT2D eigenvalue weighted by atomic mass is 10.2.